The summed E-state index contributed by atoms with van der Waals surface area (Å²) >= 11 is 0. The van der Waals surface area contributed by atoms with E-state index in [1.54, 1.807) is 18.3 Å². The van der Waals surface area contributed by atoms with E-state index in [1.165, 1.54) is 12.8 Å². The highest BCUT2D eigenvalue weighted by molar-refractivity contribution is 5.98. The van der Waals surface area contributed by atoms with E-state index in [2.05, 4.69) is 31.5 Å². The van der Waals surface area contributed by atoms with Crippen molar-refractivity contribution in [3.8, 4) is 17.0 Å². The molecule has 1 aliphatic carbocycles. The number of likely N-dealkylation sites (tertiary alicyclic amines) is 1. The van der Waals surface area contributed by atoms with Crippen LogP contribution in [0.3, 0.4) is 0 Å². The van der Waals surface area contributed by atoms with Crippen LogP contribution >= 0.6 is 0 Å². The van der Waals surface area contributed by atoms with Gasteiger partial charge in [-0.1, -0.05) is 25.0 Å². The first-order valence-corrected chi connectivity index (χ1v) is 16.2. The van der Waals surface area contributed by atoms with Gasteiger partial charge in [-0.15, -0.1) is 0 Å². The van der Waals surface area contributed by atoms with Gasteiger partial charge in [0.05, 0.1) is 17.0 Å². The van der Waals surface area contributed by atoms with Gasteiger partial charge in [0, 0.05) is 61.3 Å². The summed E-state index contributed by atoms with van der Waals surface area (Å²) in [7, 11) is 0. The van der Waals surface area contributed by atoms with Crippen LogP contribution in [0.2, 0.25) is 0 Å². The predicted octanol–water partition coefficient (Wildman–Crippen LogP) is 6.89. The molecular weight excluding hydrogens is 555 g/mol. The van der Waals surface area contributed by atoms with E-state index in [4.69, 9.17) is 4.74 Å². The van der Waals surface area contributed by atoms with Crippen molar-refractivity contribution in [2.24, 2.45) is 0 Å². The Hall–Kier alpha value is -3.75. The number of nitrogens with zero attached hydrogens (tertiary/aromatic N) is 4. The quantitative estimate of drug-likeness (QED) is 0.239. The van der Waals surface area contributed by atoms with Crippen LogP contribution in [-0.2, 0) is 19.7 Å². The zero-order chi connectivity index (χ0) is 30.0. The summed E-state index contributed by atoms with van der Waals surface area (Å²) in [6.45, 7) is 7.01. The van der Waals surface area contributed by atoms with Crippen LogP contribution < -0.4 is 4.74 Å². The highest BCUT2D eigenvalue weighted by Crippen LogP contribution is 2.47. The molecule has 2 aliphatic heterocycles. The molecule has 2 aromatic heterocycles. The number of benzene rings is 2. The second kappa shape index (κ2) is 12.7. The number of hydrogen-bond acceptors (Lipinski definition) is 5. The number of pyridine rings is 1. The topological polar surface area (TPSA) is 70.8 Å². The molecule has 0 radical (unpaired) electrons. The van der Waals surface area contributed by atoms with Gasteiger partial charge in [0.15, 0.2) is 0 Å². The fourth-order valence-corrected chi connectivity index (χ4v) is 7.52. The number of carbonyl (C=O) groups is 1. The van der Waals surface area contributed by atoms with E-state index in [1.807, 2.05) is 30.3 Å². The van der Waals surface area contributed by atoms with E-state index in [0.717, 1.165) is 110 Å². The molecule has 44 heavy (non-hydrogen) atoms. The van der Waals surface area contributed by atoms with Gasteiger partial charge < -0.3 is 19.3 Å². The van der Waals surface area contributed by atoms with E-state index >= 15 is 4.39 Å². The number of fused-ring (bicyclic) bond motifs is 5. The van der Waals surface area contributed by atoms with Crippen molar-refractivity contribution in [2.75, 3.05) is 32.7 Å². The number of halogens is 1. The lowest BCUT2D eigenvalue weighted by Gasteiger charge is -2.31. The molecule has 2 aromatic carbocycles. The number of aromatic nitrogens is 2. The molecule has 2 fully saturated rings. The van der Waals surface area contributed by atoms with Crippen LogP contribution in [0.4, 0.5) is 4.39 Å². The molecule has 230 valence electrons. The fourth-order valence-electron chi connectivity index (χ4n) is 7.52. The minimum Gasteiger partial charge on any atom is -0.487 e. The summed E-state index contributed by atoms with van der Waals surface area (Å²) in [5.74, 6) is -0.372. The maximum atomic E-state index is 15.8. The molecule has 7 nitrogen and oxygen atoms in total. The van der Waals surface area contributed by atoms with Gasteiger partial charge in [-0.05, 0) is 92.4 Å². The van der Waals surface area contributed by atoms with Crippen LogP contribution in [0.5, 0.6) is 5.75 Å². The number of rotatable bonds is 8. The lowest BCUT2D eigenvalue weighted by molar-refractivity contribution is 0.0697. The van der Waals surface area contributed by atoms with Crippen molar-refractivity contribution in [1.82, 2.24) is 19.4 Å². The van der Waals surface area contributed by atoms with Crippen LogP contribution in [0.1, 0.15) is 71.6 Å². The van der Waals surface area contributed by atoms with Crippen molar-refractivity contribution in [1.29, 1.82) is 0 Å². The molecular formula is C36H41FN4O3. The molecule has 0 spiro atoms. The summed E-state index contributed by atoms with van der Waals surface area (Å²) in [5.41, 5.74) is 6.34. The Bertz CT molecular complexity index is 1630. The third-order valence-electron chi connectivity index (χ3n) is 9.81. The molecule has 7 rings (SSSR count). The Morgan fingerprint density at radius 1 is 0.932 bits per heavy atom. The summed E-state index contributed by atoms with van der Waals surface area (Å²) in [6, 6.07) is 17.5. The minimum atomic E-state index is -0.946. The van der Waals surface area contributed by atoms with Crippen molar-refractivity contribution < 1.29 is 19.0 Å². The molecule has 8 heteroatoms. The first-order valence-electron chi connectivity index (χ1n) is 16.2. The van der Waals surface area contributed by atoms with Crippen LogP contribution in [0.25, 0.3) is 22.2 Å². The van der Waals surface area contributed by atoms with Crippen molar-refractivity contribution >= 4 is 16.9 Å². The fraction of sp³-hybridized carbons (Fsp3) is 0.444. The second-order valence-electron chi connectivity index (χ2n) is 12.6. The Labute approximate surface area is 258 Å². The molecule has 3 aliphatic rings. The molecule has 0 unspecified atom stereocenters. The van der Waals surface area contributed by atoms with Crippen molar-refractivity contribution in [3.05, 3.63) is 83.2 Å². The Kier molecular flexibility index (Phi) is 8.37. The van der Waals surface area contributed by atoms with Gasteiger partial charge in [-0.25, -0.2) is 9.18 Å². The monoisotopic (exact) mass is 596 g/mol. The zero-order valence-corrected chi connectivity index (χ0v) is 25.3. The first kappa shape index (κ1) is 29.0. The van der Waals surface area contributed by atoms with E-state index < -0.39 is 12.1 Å². The molecule has 4 heterocycles. The SMILES string of the molecule is O=C(O)c1ccc2c([C@@H]3CCCC[C@H]3F)c3n(c2c1)CCN(CCN1CCCC1)Cc1cc(OCc2ccccn2)ccc1-3. The number of ether oxygens (including phenoxy) is 1. The summed E-state index contributed by atoms with van der Waals surface area (Å²) in [4.78, 5) is 21.5. The van der Waals surface area contributed by atoms with Crippen molar-refractivity contribution in [3.63, 3.8) is 0 Å². The Morgan fingerprint density at radius 3 is 2.57 bits per heavy atom. The first-order chi connectivity index (χ1) is 21.5. The normalized spacial score (nSPS) is 21.0. The zero-order valence-electron chi connectivity index (χ0n) is 25.3. The van der Waals surface area contributed by atoms with Gasteiger partial charge in [-0.2, -0.15) is 0 Å². The second-order valence-corrected chi connectivity index (χ2v) is 12.6. The largest absolute Gasteiger partial charge is 0.487 e. The molecule has 1 saturated heterocycles. The lowest BCUT2D eigenvalue weighted by Crippen LogP contribution is -2.36. The highest BCUT2D eigenvalue weighted by Gasteiger charge is 2.34. The van der Waals surface area contributed by atoms with Crippen LogP contribution in [0, 0.1) is 0 Å². The maximum Gasteiger partial charge on any atom is 0.335 e. The molecule has 0 bridgehead atoms. The highest BCUT2D eigenvalue weighted by atomic mass is 19.1. The standard InChI is InChI=1S/C36H41FN4O3/c37-32-9-2-1-8-30(32)34-31-12-10-25(36(42)43)22-33(31)41-20-19-40(18-17-39-15-5-6-16-39)23-26-21-28(11-13-29(26)35(34)41)44-24-27-7-3-4-14-38-27/h3-4,7,10-14,21-22,30,32H,1-2,5-6,8-9,15-20,23-24H2,(H,42,43)/t30-,32-/m1/s1. The number of alkyl halides is 1. The van der Waals surface area contributed by atoms with Gasteiger partial charge in [0.1, 0.15) is 18.5 Å². The smallest absolute Gasteiger partial charge is 0.335 e. The summed E-state index contributed by atoms with van der Waals surface area (Å²) < 4.78 is 24.3. The van der Waals surface area contributed by atoms with Gasteiger partial charge in [0.2, 0.25) is 0 Å². The summed E-state index contributed by atoms with van der Waals surface area (Å²) in [5, 5.41) is 10.9. The molecule has 2 atom stereocenters. The lowest BCUT2D eigenvalue weighted by atomic mass is 9.80. The van der Waals surface area contributed by atoms with Gasteiger partial charge in [0.25, 0.3) is 0 Å². The minimum absolute atomic E-state index is 0.211. The van der Waals surface area contributed by atoms with Gasteiger partial charge in [-0.3, -0.25) is 9.88 Å². The average Bonchev–Trinajstić information content (AvgIpc) is 3.67. The number of aromatic carboxylic acids is 1. The van der Waals surface area contributed by atoms with E-state index in [-0.39, 0.29) is 11.5 Å². The third-order valence-corrected chi connectivity index (χ3v) is 9.81. The van der Waals surface area contributed by atoms with Gasteiger partial charge >= 0.3 is 5.97 Å². The maximum absolute atomic E-state index is 15.8. The Morgan fingerprint density at radius 2 is 1.77 bits per heavy atom. The van der Waals surface area contributed by atoms with Crippen LogP contribution in [0.15, 0.2) is 60.8 Å². The Balaban J connectivity index is 1.34. The molecule has 4 aromatic rings. The molecule has 0 amide bonds. The van der Waals surface area contributed by atoms with E-state index in [9.17, 15) is 9.90 Å². The molecule has 1 saturated carbocycles. The third kappa shape index (κ3) is 5.85. The molecule has 1 N–H and O–H groups in total. The van der Waals surface area contributed by atoms with Crippen molar-refractivity contribution in [2.45, 2.75) is 70.3 Å². The number of carboxylic acid groups (broad SMARTS) is 1. The van der Waals surface area contributed by atoms with E-state index in [0.29, 0.717) is 13.0 Å². The number of carboxylic acids is 1. The number of hydrogen-bond donors (Lipinski definition) is 1. The average molecular weight is 597 g/mol. The predicted molar refractivity (Wildman–Crippen MR) is 170 cm³/mol. The van der Waals surface area contributed by atoms with Crippen LogP contribution in [-0.4, -0.2) is 69.3 Å². The summed E-state index contributed by atoms with van der Waals surface area (Å²) in [6.07, 6.45) is 6.68.